The summed E-state index contributed by atoms with van der Waals surface area (Å²) in [6.45, 7) is 1.75. The summed E-state index contributed by atoms with van der Waals surface area (Å²) in [5.41, 5.74) is 8.20. The highest BCUT2D eigenvalue weighted by molar-refractivity contribution is 7.98. The average molecular weight is 495 g/mol. The molecule has 0 fully saturated rings. The van der Waals surface area contributed by atoms with E-state index in [0.29, 0.717) is 39.4 Å². The second-order valence-electron chi connectivity index (χ2n) is 8.21. The second kappa shape index (κ2) is 10.2. The van der Waals surface area contributed by atoms with Gasteiger partial charge in [-0.2, -0.15) is 4.98 Å². The number of rotatable bonds is 8. The first kappa shape index (κ1) is 24.3. The number of carbonyl (C=O) groups is 2. The number of hydrogen-bond donors (Lipinski definition) is 2. The molecule has 1 aromatic heterocycles. The minimum absolute atomic E-state index is 0.0876. The fourth-order valence-corrected chi connectivity index (χ4v) is 5.07. The predicted octanol–water partition coefficient (Wildman–Crippen LogP) is 2.73. The number of aromatic nitrogens is 2. The summed E-state index contributed by atoms with van der Waals surface area (Å²) in [6, 6.07) is 13.1. The Labute approximate surface area is 206 Å². The van der Waals surface area contributed by atoms with E-state index >= 15 is 0 Å². The van der Waals surface area contributed by atoms with Crippen molar-refractivity contribution in [3.05, 3.63) is 75.1 Å². The lowest BCUT2D eigenvalue weighted by molar-refractivity contribution is -0.120. The number of nitrogens with two attached hydrogens (primary N) is 1. The van der Waals surface area contributed by atoms with Crippen molar-refractivity contribution in [1.29, 1.82) is 0 Å². The van der Waals surface area contributed by atoms with E-state index in [0.717, 1.165) is 11.1 Å². The molecule has 3 aromatic rings. The topological polar surface area (TPSA) is 126 Å². The van der Waals surface area contributed by atoms with Crippen molar-refractivity contribution in [3.8, 4) is 11.5 Å². The molecule has 3 N–H and O–H groups in total. The maximum atomic E-state index is 13.2. The lowest BCUT2D eigenvalue weighted by Gasteiger charge is -2.28. The van der Waals surface area contributed by atoms with Gasteiger partial charge >= 0.3 is 0 Å². The van der Waals surface area contributed by atoms with Crippen LogP contribution in [0.25, 0.3) is 0 Å². The summed E-state index contributed by atoms with van der Waals surface area (Å²) in [5, 5.41) is 3.37. The van der Waals surface area contributed by atoms with Gasteiger partial charge in [-0.15, -0.1) is 0 Å². The number of benzene rings is 2. The number of aryl methyl sites for hydroxylation is 1. The molecule has 0 saturated carbocycles. The van der Waals surface area contributed by atoms with Crippen LogP contribution < -0.4 is 26.1 Å². The maximum absolute atomic E-state index is 13.2. The first-order chi connectivity index (χ1) is 16.8. The predicted molar refractivity (Wildman–Crippen MR) is 133 cm³/mol. The molecule has 9 nitrogen and oxygen atoms in total. The van der Waals surface area contributed by atoms with Gasteiger partial charge in [-0.3, -0.25) is 14.4 Å². The summed E-state index contributed by atoms with van der Waals surface area (Å²) >= 11 is 1.44. The molecule has 10 heteroatoms. The van der Waals surface area contributed by atoms with Gasteiger partial charge in [0.1, 0.15) is 5.82 Å². The zero-order valence-electron chi connectivity index (χ0n) is 19.7. The van der Waals surface area contributed by atoms with Gasteiger partial charge in [0.2, 0.25) is 5.91 Å². The molecule has 1 atom stereocenters. The Kier molecular flexibility index (Phi) is 7.11. The molecular formula is C25H26N4O5S. The fourth-order valence-electron chi connectivity index (χ4n) is 4.03. The van der Waals surface area contributed by atoms with Crippen LogP contribution in [0.3, 0.4) is 0 Å². The Balaban J connectivity index is 1.69. The van der Waals surface area contributed by atoms with E-state index in [9.17, 15) is 14.4 Å². The van der Waals surface area contributed by atoms with Crippen LogP contribution in [0.15, 0.2) is 52.4 Å². The van der Waals surface area contributed by atoms with E-state index in [2.05, 4.69) is 10.3 Å². The monoisotopic (exact) mass is 494 g/mol. The maximum Gasteiger partial charge on any atom is 0.279 e. The molecule has 1 aliphatic heterocycles. The number of methoxy groups -OCH3 is 1. The molecule has 0 bridgehead atoms. The number of primary amides is 1. The standard InChI is InChI=1S/C25H26N4O5S/c1-14-6-4-5-7-16(14)13-35-25-28-24(32)22-17(11-21(31)27-23(22)29(25)2)15-8-9-18(19(10-15)33-3)34-12-20(26)30/h4-10,17H,11-13H2,1-3H3,(H2,26,30)(H,27,31)/t17-/m0/s1. The largest absolute Gasteiger partial charge is 0.493 e. The van der Waals surface area contributed by atoms with Gasteiger partial charge in [-0.05, 0) is 35.7 Å². The Morgan fingerprint density at radius 2 is 2.00 bits per heavy atom. The minimum atomic E-state index is -0.611. The van der Waals surface area contributed by atoms with E-state index in [-0.39, 0.29) is 24.5 Å². The first-order valence-electron chi connectivity index (χ1n) is 11.0. The summed E-state index contributed by atoms with van der Waals surface area (Å²) in [4.78, 5) is 41.3. The van der Waals surface area contributed by atoms with Gasteiger partial charge in [-0.1, -0.05) is 42.1 Å². The molecule has 0 radical (unpaired) electrons. The number of anilines is 1. The molecule has 0 aliphatic carbocycles. The summed E-state index contributed by atoms with van der Waals surface area (Å²) in [5.74, 6) is 0.459. The summed E-state index contributed by atoms with van der Waals surface area (Å²) < 4.78 is 12.5. The van der Waals surface area contributed by atoms with Gasteiger partial charge in [0, 0.05) is 25.1 Å². The third-order valence-corrected chi connectivity index (χ3v) is 6.96. The molecule has 0 unspecified atom stereocenters. The Morgan fingerprint density at radius 1 is 1.23 bits per heavy atom. The zero-order valence-corrected chi connectivity index (χ0v) is 20.5. The van der Waals surface area contributed by atoms with Crippen molar-refractivity contribution in [1.82, 2.24) is 9.55 Å². The number of fused-ring (bicyclic) bond motifs is 1. The molecule has 0 spiro atoms. The van der Waals surface area contributed by atoms with Crippen LogP contribution in [0.1, 0.15) is 34.6 Å². The van der Waals surface area contributed by atoms with Gasteiger partial charge in [0.25, 0.3) is 11.5 Å². The van der Waals surface area contributed by atoms with Crippen molar-refractivity contribution in [3.63, 3.8) is 0 Å². The number of carbonyl (C=O) groups excluding carboxylic acids is 2. The summed E-state index contributed by atoms with van der Waals surface area (Å²) in [6.07, 6.45) is 0.0876. The van der Waals surface area contributed by atoms with Gasteiger partial charge in [0.05, 0.1) is 12.7 Å². The smallest absolute Gasteiger partial charge is 0.279 e. The third kappa shape index (κ3) is 5.17. The number of thioether (sulfide) groups is 1. The molecule has 2 heterocycles. The van der Waals surface area contributed by atoms with Crippen molar-refractivity contribution >= 4 is 29.4 Å². The lowest BCUT2D eigenvalue weighted by Crippen LogP contribution is -2.33. The van der Waals surface area contributed by atoms with E-state index < -0.39 is 11.8 Å². The van der Waals surface area contributed by atoms with Crippen LogP contribution in [0.2, 0.25) is 0 Å². The third-order valence-electron chi connectivity index (χ3n) is 5.88. The fraction of sp³-hybridized carbons (Fsp3) is 0.280. The SMILES string of the molecule is COc1cc([C@@H]2CC(=O)Nc3c2c(=O)nc(SCc2ccccc2C)n3C)ccc1OCC(N)=O. The molecule has 35 heavy (non-hydrogen) atoms. The van der Waals surface area contributed by atoms with Crippen molar-refractivity contribution in [2.24, 2.45) is 12.8 Å². The quantitative estimate of drug-likeness (QED) is 0.364. The van der Waals surface area contributed by atoms with Crippen LogP contribution in [-0.4, -0.2) is 35.1 Å². The van der Waals surface area contributed by atoms with Crippen LogP contribution in [0, 0.1) is 6.92 Å². The van der Waals surface area contributed by atoms with E-state index in [1.807, 2.05) is 31.2 Å². The van der Waals surface area contributed by atoms with Gasteiger partial charge in [0.15, 0.2) is 23.3 Å². The molecular weight excluding hydrogens is 468 g/mol. The lowest BCUT2D eigenvalue weighted by atomic mass is 9.86. The normalized spacial score (nSPS) is 14.7. The number of hydrogen-bond acceptors (Lipinski definition) is 7. The average Bonchev–Trinajstić information content (AvgIpc) is 2.84. The Hall–Kier alpha value is -3.79. The van der Waals surface area contributed by atoms with E-state index in [4.69, 9.17) is 15.2 Å². The number of ether oxygens (including phenoxy) is 2. The number of nitrogens with one attached hydrogen (secondary N) is 1. The highest BCUT2D eigenvalue weighted by atomic mass is 32.2. The second-order valence-corrected chi connectivity index (χ2v) is 9.15. The van der Waals surface area contributed by atoms with Crippen LogP contribution in [0.5, 0.6) is 11.5 Å². The molecule has 182 valence electrons. The van der Waals surface area contributed by atoms with Crippen LogP contribution >= 0.6 is 11.8 Å². The Bertz CT molecular complexity index is 1350. The highest BCUT2D eigenvalue weighted by Gasteiger charge is 2.32. The molecule has 2 aromatic carbocycles. The number of nitrogens with zero attached hydrogens (tertiary/aromatic N) is 2. The molecule has 4 rings (SSSR count). The van der Waals surface area contributed by atoms with Crippen LogP contribution in [0.4, 0.5) is 5.82 Å². The minimum Gasteiger partial charge on any atom is -0.493 e. The summed E-state index contributed by atoms with van der Waals surface area (Å²) in [7, 11) is 3.26. The van der Waals surface area contributed by atoms with E-state index in [1.54, 1.807) is 29.8 Å². The van der Waals surface area contributed by atoms with Gasteiger partial charge < -0.3 is 25.1 Å². The zero-order chi connectivity index (χ0) is 25.1. The highest BCUT2D eigenvalue weighted by Crippen LogP contribution is 2.39. The molecule has 0 saturated heterocycles. The van der Waals surface area contributed by atoms with Crippen molar-refractivity contribution in [2.45, 2.75) is 30.2 Å². The molecule has 2 amide bonds. The van der Waals surface area contributed by atoms with E-state index in [1.165, 1.54) is 18.9 Å². The van der Waals surface area contributed by atoms with Crippen molar-refractivity contribution < 1.29 is 19.1 Å². The van der Waals surface area contributed by atoms with Crippen LogP contribution in [-0.2, 0) is 22.4 Å². The first-order valence-corrected chi connectivity index (χ1v) is 11.9. The Morgan fingerprint density at radius 3 is 2.71 bits per heavy atom. The van der Waals surface area contributed by atoms with Gasteiger partial charge in [-0.25, -0.2) is 0 Å². The molecule has 1 aliphatic rings. The number of amides is 2. The van der Waals surface area contributed by atoms with Crippen molar-refractivity contribution in [2.75, 3.05) is 19.0 Å².